The van der Waals surface area contributed by atoms with E-state index in [9.17, 15) is 31.2 Å². The van der Waals surface area contributed by atoms with Gasteiger partial charge in [-0.15, -0.1) is 0 Å². The van der Waals surface area contributed by atoms with Crippen LogP contribution in [0.15, 0.2) is 34.7 Å². The molecule has 0 aliphatic carbocycles. The first-order chi connectivity index (χ1) is 10.8. The van der Waals surface area contributed by atoms with Gasteiger partial charge in [0, 0.05) is 13.8 Å². The molecule has 0 unspecified atom stereocenters. The van der Waals surface area contributed by atoms with Crippen molar-refractivity contribution >= 4 is 27.9 Å². The Bertz CT molecular complexity index is 814. The molecule has 130 valence electrons. The van der Waals surface area contributed by atoms with Gasteiger partial charge in [0.1, 0.15) is 5.57 Å². The molecule has 0 atom stereocenters. The average molecular weight is 364 g/mol. The van der Waals surface area contributed by atoms with E-state index in [1.54, 1.807) is 0 Å². The minimum atomic E-state index is -5.55. The Morgan fingerprint density at radius 2 is 1.62 bits per heavy atom. The Hall–Kier alpha value is -2.36. The lowest BCUT2D eigenvalue weighted by atomic mass is 10.1. The zero-order chi connectivity index (χ0) is 18.3. The lowest BCUT2D eigenvalue weighted by Crippen LogP contribution is -2.41. The van der Waals surface area contributed by atoms with Crippen LogP contribution < -0.4 is 0 Å². The quantitative estimate of drug-likeness (QED) is 0.454. The fraction of sp³-hybridized carbons (Fsp3) is 0.286. The zero-order valence-corrected chi connectivity index (χ0v) is 13.2. The van der Waals surface area contributed by atoms with E-state index in [2.05, 4.69) is 0 Å². The Kier molecular flexibility index (Phi) is 4.21. The van der Waals surface area contributed by atoms with E-state index in [-0.39, 0.29) is 5.56 Å². The second-order valence-corrected chi connectivity index (χ2v) is 7.20. The third kappa shape index (κ3) is 3.42. The van der Waals surface area contributed by atoms with E-state index in [1.807, 2.05) is 0 Å². The van der Waals surface area contributed by atoms with E-state index < -0.39 is 43.5 Å². The van der Waals surface area contributed by atoms with Crippen LogP contribution >= 0.6 is 0 Å². The summed E-state index contributed by atoms with van der Waals surface area (Å²) < 4.78 is 70.1. The molecule has 0 amide bonds. The highest BCUT2D eigenvalue weighted by Gasteiger charge is 2.47. The summed E-state index contributed by atoms with van der Waals surface area (Å²) in [5.41, 5.74) is -6.13. The van der Waals surface area contributed by atoms with E-state index in [4.69, 9.17) is 9.47 Å². The van der Waals surface area contributed by atoms with Crippen LogP contribution in [-0.2, 0) is 28.9 Å². The minimum absolute atomic E-state index is 0.107. The molecule has 1 aliphatic heterocycles. The van der Waals surface area contributed by atoms with Crippen molar-refractivity contribution < 1.29 is 40.7 Å². The molecular formula is C14H11F3O6S. The monoisotopic (exact) mass is 364 g/mol. The van der Waals surface area contributed by atoms with Gasteiger partial charge in [-0.25, -0.2) is 18.0 Å². The Labute approximate surface area is 134 Å². The first-order valence-corrected chi connectivity index (χ1v) is 7.92. The molecule has 1 fully saturated rings. The van der Waals surface area contributed by atoms with Crippen LogP contribution in [0.3, 0.4) is 0 Å². The van der Waals surface area contributed by atoms with Gasteiger partial charge in [0.25, 0.3) is 15.6 Å². The fourth-order valence-corrected chi connectivity index (χ4v) is 2.67. The molecular weight excluding hydrogens is 353 g/mol. The molecule has 1 heterocycles. The summed E-state index contributed by atoms with van der Waals surface area (Å²) in [6, 6.07) is 3.72. The van der Waals surface area contributed by atoms with Crippen molar-refractivity contribution in [3.8, 4) is 0 Å². The number of ether oxygens (including phenoxy) is 2. The number of alkyl halides is 3. The van der Waals surface area contributed by atoms with E-state index in [0.29, 0.717) is 6.07 Å². The van der Waals surface area contributed by atoms with Crippen LogP contribution in [0.5, 0.6) is 0 Å². The molecule has 0 spiro atoms. The summed E-state index contributed by atoms with van der Waals surface area (Å²) in [5, 5.41) is 0. The van der Waals surface area contributed by atoms with E-state index in [0.717, 1.165) is 18.2 Å². The summed E-state index contributed by atoms with van der Waals surface area (Å²) in [5.74, 6) is -3.52. The number of halogens is 3. The van der Waals surface area contributed by atoms with Gasteiger partial charge in [0.15, 0.2) is 0 Å². The third-order valence-electron chi connectivity index (χ3n) is 2.90. The highest BCUT2D eigenvalue weighted by Crippen LogP contribution is 2.31. The molecule has 0 radical (unpaired) electrons. The third-order valence-corrected chi connectivity index (χ3v) is 4.38. The zero-order valence-electron chi connectivity index (χ0n) is 12.4. The Morgan fingerprint density at radius 1 is 1.08 bits per heavy atom. The lowest BCUT2D eigenvalue weighted by Gasteiger charge is -2.29. The molecule has 24 heavy (non-hydrogen) atoms. The van der Waals surface area contributed by atoms with Crippen LogP contribution in [0.25, 0.3) is 6.08 Å². The number of benzene rings is 1. The van der Waals surface area contributed by atoms with Gasteiger partial charge < -0.3 is 9.47 Å². The molecule has 10 heteroatoms. The van der Waals surface area contributed by atoms with Crippen molar-refractivity contribution in [3.63, 3.8) is 0 Å². The predicted molar refractivity (Wildman–Crippen MR) is 73.9 cm³/mol. The first-order valence-electron chi connectivity index (χ1n) is 6.43. The van der Waals surface area contributed by atoms with Crippen molar-refractivity contribution in [2.45, 2.75) is 30.0 Å². The maximum Gasteiger partial charge on any atom is 0.501 e. The molecule has 1 aromatic carbocycles. The largest absolute Gasteiger partial charge is 0.501 e. The van der Waals surface area contributed by atoms with Crippen molar-refractivity contribution in [1.82, 2.24) is 0 Å². The molecule has 1 saturated heterocycles. The van der Waals surface area contributed by atoms with Crippen LogP contribution in [0.4, 0.5) is 13.2 Å². The van der Waals surface area contributed by atoms with Crippen molar-refractivity contribution in [2.24, 2.45) is 0 Å². The number of sulfone groups is 1. The van der Waals surface area contributed by atoms with Gasteiger partial charge in [-0.3, -0.25) is 0 Å². The second-order valence-electron chi connectivity index (χ2n) is 5.26. The number of cyclic esters (lactones) is 2. The molecule has 1 aliphatic rings. The maximum atomic E-state index is 12.6. The smallest absolute Gasteiger partial charge is 0.419 e. The SMILES string of the molecule is CC1(C)OC(=O)C(=Cc2cccc(S(=O)(=O)C(F)(F)F)c2)C(=O)O1. The number of esters is 2. The Balaban J connectivity index is 2.44. The van der Waals surface area contributed by atoms with Crippen molar-refractivity contribution in [3.05, 3.63) is 35.4 Å². The highest BCUT2D eigenvalue weighted by molar-refractivity contribution is 7.92. The summed E-state index contributed by atoms with van der Waals surface area (Å²) in [4.78, 5) is 22.5. The number of hydrogen-bond donors (Lipinski definition) is 0. The molecule has 0 aromatic heterocycles. The summed E-state index contributed by atoms with van der Waals surface area (Å²) in [6.07, 6.45) is 0.898. The van der Waals surface area contributed by atoms with Crippen molar-refractivity contribution in [1.29, 1.82) is 0 Å². The lowest BCUT2D eigenvalue weighted by molar-refractivity contribution is -0.222. The van der Waals surface area contributed by atoms with E-state index >= 15 is 0 Å². The number of carbonyl (C=O) groups excluding carboxylic acids is 2. The van der Waals surface area contributed by atoms with Gasteiger partial charge in [-0.05, 0) is 23.8 Å². The second kappa shape index (κ2) is 5.62. The van der Waals surface area contributed by atoms with E-state index in [1.165, 1.54) is 19.9 Å². The fourth-order valence-electron chi connectivity index (χ4n) is 1.85. The molecule has 0 bridgehead atoms. The maximum absolute atomic E-state index is 12.6. The van der Waals surface area contributed by atoms with Gasteiger partial charge in [-0.1, -0.05) is 12.1 Å². The molecule has 0 saturated carbocycles. The standard InChI is InChI=1S/C14H11F3O6S/c1-13(2)22-11(18)10(12(19)23-13)7-8-4-3-5-9(6-8)24(20,21)14(15,16)17/h3-7H,1-2H3. The molecule has 2 rings (SSSR count). The van der Waals surface area contributed by atoms with Gasteiger partial charge in [0.2, 0.25) is 0 Å². The van der Waals surface area contributed by atoms with Gasteiger partial charge >= 0.3 is 17.4 Å². The summed E-state index contributed by atoms with van der Waals surface area (Å²) in [7, 11) is -5.55. The number of hydrogen-bond acceptors (Lipinski definition) is 6. The van der Waals surface area contributed by atoms with Crippen LogP contribution in [0, 0.1) is 0 Å². The van der Waals surface area contributed by atoms with Crippen LogP contribution in [0.2, 0.25) is 0 Å². The normalized spacial score (nSPS) is 18.0. The van der Waals surface area contributed by atoms with Crippen LogP contribution in [0.1, 0.15) is 19.4 Å². The van der Waals surface area contributed by atoms with Crippen molar-refractivity contribution in [2.75, 3.05) is 0 Å². The molecule has 6 nitrogen and oxygen atoms in total. The predicted octanol–water partition coefficient (Wildman–Crippen LogP) is 2.20. The summed E-state index contributed by atoms with van der Waals surface area (Å²) in [6.45, 7) is 2.66. The topological polar surface area (TPSA) is 86.7 Å². The van der Waals surface area contributed by atoms with Gasteiger partial charge in [-0.2, -0.15) is 13.2 Å². The Morgan fingerprint density at radius 3 is 2.12 bits per heavy atom. The number of rotatable bonds is 2. The average Bonchev–Trinajstić information content (AvgIpc) is 2.41. The molecule has 1 aromatic rings. The minimum Gasteiger partial charge on any atom is -0.419 e. The summed E-state index contributed by atoms with van der Waals surface area (Å²) >= 11 is 0. The van der Waals surface area contributed by atoms with Gasteiger partial charge in [0.05, 0.1) is 4.90 Å². The van der Waals surface area contributed by atoms with Crippen LogP contribution in [-0.4, -0.2) is 31.7 Å². The molecule has 0 N–H and O–H groups in total. The number of carbonyl (C=O) groups is 2. The highest BCUT2D eigenvalue weighted by atomic mass is 32.2. The first kappa shape index (κ1) is 18.0.